The standard InChI is InChI=1S/C17H33N5O2.HI/c1-4-24-17(23)22-11-9-21(10-12-22)16(18-3)19-13-15(2)14-20-7-5-6-8-20;/h15H,4-14H2,1-3H3,(H,18,19);1H. The van der Waals surface area contributed by atoms with Crippen molar-refractivity contribution in [3.05, 3.63) is 0 Å². The van der Waals surface area contributed by atoms with E-state index in [9.17, 15) is 4.79 Å². The van der Waals surface area contributed by atoms with Crippen LogP contribution in [0.3, 0.4) is 0 Å². The summed E-state index contributed by atoms with van der Waals surface area (Å²) < 4.78 is 5.06. The highest BCUT2D eigenvalue weighted by molar-refractivity contribution is 14.0. The minimum Gasteiger partial charge on any atom is -0.450 e. The van der Waals surface area contributed by atoms with Crippen LogP contribution in [0.15, 0.2) is 4.99 Å². The molecule has 0 aromatic heterocycles. The Kier molecular flexibility index (Phi) is 10.5. The van der Waals surface area contributed by atoms with Crippen molar-refractivity contribution in [2.24, 2.45) is 10.9 Å². The lowest BCUT2D eigenvalue weighted by Gasteiger charge is -2.36. The molecule has 1 unspecified atom stereocenters. The Labute approximate surface area is 169 Å². The predicted molar refractivity (Wildman–Crippen MR) is 112 cm³/mol. The molecule has 0 aromatic rings. The molecular weight excluding hydrogens is 433 g/mol. The number of likely N-dealkylation sites (tertiary alicyclic amines) is 1. The third-order valence-corrected chi connectivity index (χ3v) is 4.69. The second kappa shape index (κ2) is 11.8. The zero-order chi connectivity index (χ0) is 17.4. The SMILES string of the molecule is CCOC(=O)N1CCN(C(=NC)NCC(C)CN2CCCC2)CC1.I. The van der Waals surface area contributed by atoms with Crippen LogP contribution in [0.25, 0.3) is 0 Å². The van der Waals surface area contributed by atoms with Gasteiger partial charge in [-0.05, 0) is 38.8 Å². The molecule has 1 amide bonds. The summed E-state index contributed by atoms with van der Waals surface area (Å²) in [4.78, 5) is 22.7. The van der Waals surface area contributed by atoms with Crippen molar-refractivity contribution in [3.8, 4) is 0 Å². The number of rotatable bonds is 5. The van der Waals surface area contributed by atoms with Gasteiger partial charge in [-0.2, -0.15) is 0 Å². The van der Waals surface area contributed by atoms with Gasteiger partial charge in [0.1, 0.15) is 0 Å². The molecule has 0 saturated carbocycles. The van der Waals surface area contributed by atoms with Gasteiger partial charge in [-0.25, -0.2) is 4.79 Å². The van der Waals surface area contributed by atoms with E-state index in [1.54, 1.807) is 4.90 Å². The Morgan fingerprint density at radius 1 is 1.12 bits per heavy atom. The maximum atomic E-state index is 11.8. The van der Waals surface area contributed by atoms with Crippen molar-refractivity contribution in [1.29, 1.82) is 0 Å². The maximum absolute atomic E-state index is 11.8. The molecule has 25 heavy (non-hydrogen) atoms. The number of ether oxygens (including phenoxy) is 1. The average molecular weight is 467 g/mol. The number of hydrogen-bond donors (Lipinski definition) is 1. The Hall–Kier alpha value is -0.770. The number of nitrogens with zero attached hydrogens (tertiary/aromatic N) is 4. The second-order valence-corrected chi connectivity index (χ2v) is 6.71. The molecule has 0 aromatic carbocycles. The van der Waals surface area contributed by atoms with Gasteiger partial charge in [0.15, 0.2) is 5.96 Å². The summed E-state index contributed by atoms with van der Waals surface area (Å²) in [6, 6.07) is 0. The summed E-state index contributed by atoms with van der Waals surface area (Å²) >= 11 is 0. The zero-order valence-electron chi connectivity index (χ0n) is 15.9. The fraction of sp³-hybridized carbons (Fsp3) is 0.882. The van der Waals surface area contributed by atoms with Crippen LogP contribution in [0.1, 0.15) is 26.7 Å². The molecule has 0 spiro atoms. The summed E-state index contributed by atoms with van der Waals surface area (Å²) in [5.41, 5.74) is 0. The number of halogens is 1. The number of guanidine groups is 1. The van der Waals surface area contributed by atoms with Crippen LogP contribution < -0.4 is 5.32 Å². The molecular formula is C17H34IN5O2. The molecule has 1 atom stereocenters. The molecule has 8 heteroatoms. The van der Waals surface area contributed by atoms with Crippen molar-refractivity contribution >= 4 is 36.0 Å². The van der Waals surface area contributed by atoms with Crippen LogP contribution in [-0.4, -0.2) is 92.8 Å². The topological polar surface area (TPSA) is 60.4 Å². The number of carbonyl (C=O) groups is 1. The lowest BCUT2D eigenvalue weighted by molar-refractivity contribution is 0.0914. The number of carbonyl (C=O) groups excluding carboxylic acids is 1. The van der Waals surface area contributed by atoms with Gasteiger partial charge in [0, 0.05) is 46.3 Å². The van der Waals surface area contributed by atoms with Crippen LogP contribution in [0.4, 0.5) is 4.79 Å². The summed E-state index contributed by atoms with van der Waals surface area (Å²) in [5.74, 6) is 1.53. The maximum Gasteiger partial charge on any atom is 0.409 e. The molecule has 2 aliphatic rings. The second-order valence-electron chi connectivity index (χ2n) is 6.71. The van der Waals surface area contributed by atoms with Crippen LogP contribution >= 0.6 is 24.0 Å². The van der Waals surface area contributed by atoms with E-state index in [0.29, 0.717) is 25.6 Å². The van der Waals surface area contributed by atoms with Crippen LogP contribution in [0, 0.1) is 5.92 Å². The van der Waals surface area contributed by atoms with Crippen molar-refractivity contribution in [3.63, 3.8) is 0 Å². The van der Waals surface area contributed by atoms with Gasteiger partial charge in [-0.15, -0.1) is 24.0 Å². The van der Waals surface area contributed by atoms with E-state index in [4.69, 9.17) is 4.74 Å². The smallest absolute Gasteiger partial charge is 0.409 e. The number of nitrogens with one attached hydrogen (secondary N) is 1. The van der Waals surface area contributed by atoms with E-state index >= 15 is 0 Å². The molecule has 0 aliphatic carbocycles. The first kappa shape index (κ1) is 22.3. The third kappa shape index (κ3) is 7.16. The Morgan fingerprint density at radius 3 is 2.28 bits per heavy atom. The molecule has 2 fully saturated rings. The summed E-state index contributed by atoms with van der Waals surface area (Å²) in [5, 5.41) is 3.50. The molecule has 2 aliphatic heterocycles. The molecule has 2 rings (SSSR count). The molecule has 1 N–H and O–H groups in total. The molecule has 2 heterocycles. The molecule has 146 valence electrons. The fourth-order valence-electron chi connectivity index (χ4n) is 3.38. The van der Waals surface area contributed by atoms with Crippen LogP contribution in [0.2, 0.25) is 0 Å². The largest absolute Gasteiger partial charge is 0.450 e. The van der Waals surface area contributed by atoms with Crippen LogP contribution in [-0.2, 0) is 4.74 Å². The monoisotopic (exact) mass is 467 g/mol. The Balaban J connectivity index is 0.00000312. The minimum atomic E-state index is -0.209. The van der Waals surface area contributed by atoms with Gasteiger partial charge in [0.2, 0.25) is 0 Å². The highest BCUT2D eigenvalue weighted by Gasteiger charge is 2.24. The van der Waals surface area contributed by atoms with Crippen LogP contribution in [0.5, 0.6) is 0 Å². The summed E-state index contributed by atoms with van der Waals surface area (Å²) in [6.45, 7) is 12.1. The third-order valence-electron chi connectivity index (χ3n) is 4.69. The Bertz CT molecular complexity index is 421. The fourth-order valence-corrected chi connectivity index (χ4v) is 3.38. The summed E-state index contributed by atoms with van der Waals surface area (Å²) in [6.07, 6.45) is 2.47. The normalized spacial score (nSPS) is 20.2. The minimum absolute atomic E-state index is 0. The van der Waals surface area contributed by atoms with Gasteiger partial charge in [-0.3, -0.25) is 4.99 Å². The van der Waals surface area contributed by atoms with Gasteiger partial charge >= 0.3 is 6.09 Å². The van der Waals surface area contributed by atoms with E-state index in [2.05, 4.69) is 27.0 Å². The summed E-state index contributed by atoms with van der Waals surface area (Å²) in [7, 11) is 1.82. The lowest BCUT2D eigenvalue weighted by Crippen LogP contribution is -2.54. The van der Waals surface area contributed by atoms with Crippen molar-refractivity contribution < 1.29 is 9.53 Å². The number of piperazine rings is 1. The van der Waals surface area contributed by atoms with Gasteiger partial charge in [0.05, 0.1) is 6.61 Å². The number of amides is 1. The molecule has 2 saturated heterocycles. The van der Waals surface area contributed by atoms with Crippen molar-refractivity contribution in [2.45, 2.75) is 26.7 Å². The van der Waals surface area contributed by atoms with Gasteiger partial charge < -0.3 is 24.8 Å². The molecule has 7 nitrogen and oxygen atoms in total. The first-order valence-corrected chi connectivity index (χ1v) is 9.23. The number of hydrogen-bond acceptors (Lipinski definition) is 4. The van der Waals surface area contributed by atoms with E-state index in [0.717, 1.165) is 32.1 Å². The highest BCUT2D eigenvalue weighted by atomic mass is 127. The van der Waals surface area contributed by atoms with E-state index in [1.807, 2.05) is 14.0 Å². The highest BCUT2D eigenvalue weighted by Crippen LogP contribution is 2.10. The van der Waals surface area contributed by atoms with E-state index in [-0.39, 0.29) is 30.1 Å². The Morgan fingerprint density at radius 2 is 1.72 bits per heavy atom. The quantitative estimate of drug-likeness (QED) is 0.379. The number of aliphatic imine (C=N–C) groups is 1. The van der Waals surface area contributed by atoms with E-state index < -0.39 is 0 Å². The first-order chi connectivity index (χ1) is 11.6. The van der Waals surface area contributed by atoms with Gasteiger partial charge in [0.25, 0.3) is 0 Å². The molecule has 0 bridgehead atoms. The van der Waals surface area contributed by atoms with E-state index in [1.165, 1.54) is 25.9 Å². The van der Waals surface area contributed by atoms with Crippen molar-refractivity contribution in [1.82, 2.24) is 20.0 Å². The lowest BCUT2D eigenvalue weighted by atomic mass is 10.1. The zero-order valence-corrected chi connectivity index (χ0v) is 18.2. The molecule has 0 radical (unpaired) electrons. The predicted octanol–water partition coefficient (Wildman–Crippen LogP) is 1.69. The average Bonchev–Trinajstić information content (AvgIpc) is 3.09. The van der Waals surface area contributed by atoms with Gasteiger partial charge in [-0.1, -0.05) is 6.92 Å². The first-order valence-electron chi connectivity index (χ1n) is 9.23. The van der Waals surface area contributed by atoms with Crippen molar-refractivity contribution in [2.75, 3.05) is 66.0 Å².